The number of benzene rings is 1. The number of carbonyl (C=O) groups excluding carboxylic acids is 1. The second kappa shape index (κ2) is 6.72. The lowest BCUT2D eigenvalue weighted by Gasteiger charge is -2.09. The Morgan fingerprint density at radius 2 is 2.10 bits per heavy atom. The van der Waals surface area contributed by atoms with Crippen molar-refractivity contribution in [1.29, 1.82) is 0 Å². The summed E-state index contributed by atoms with van der Waals surface area (Å²) in [6, 6.07) is 7.57. The van der Waals surface area contributed by atoms with Crippen LogP contribution in [0.3, 0.4) is 0 Å². The number of hydrogen-bond acceptors (Lipinski definition) is 4. The lowest BCUT2D eigenvalue weighted by Crippen LogP contribution is -2.27. The normalized spacial score (nSPS) is 16.9. The molecule has 1 fully saturated rings. The van der Waals surface area contributed by atoms with Gasteiger partial charge in [0.1, 0.15) is 16.7 Å². The first-order valence-electron chi connectivity index (χ1n) is 6.25. The first-order chi connectivity index (χ1) is 9.65. The van der Waals surface area contributed by atoms with Crippen LogP contribution in [0.25, 0.3) is 6.08 Å². The first-order valence-corrected chi connectivity index (χ1v) is 7.47. The van der Waals surface area contributed by atoms with Crippen LogP contribution >= 0.6 is 24.0 Å². The molecule has 0 spiro atoms. The molecular formula is C15H15NO2S2. The highest BCUT2D eigenvalue weighted by molar-refractivity contribution is 8.26. The zero-order valence-electron chi connectivity index (χ0n) is 11.2. The molecule has 0 atom stereocenters. The highest BCUT2D eigenvalue weighted by atomic mass is 32.2. The summed E-state index contributed by atoms with van der Waals surface area (Å²) in [5, 5.41) is 0. The molecule has 0 bridgehead atoms. The Morgan fingerprint density at radius 1 is 1.40 bits per heavy atom. The molecule has 3 nitrogen and oxygen atoms in total. The van der Waals surface area contributed by atoms with E-state index in [1.54, 1.807) is 11.0 Å². The minimum absolute atomic E-state index is 0.0190. The molecule has 0 aliphatic carbocycles. The van der Waals surface area contributed by atoms with E-state index in [1.165, 1.54) is 11.8 Å². The molecular weight excluding hydrogens is 290 g/mol. The zero-order valence-corrected chi connectivity index (χ0v) is 12.8. The minimum atomic E-state index is -0.0190. The maximum atomic E-state index is 12.1. The molecule has 0 unspecified atom stereocenters. The summed E-state index contributed by atoms with van der Waals surface area (Å²) >= 11 is 6.52. The Kier molecular flexibility index (Phi) is 4.98. The number of thiocarbonyl (C=S) groups is 1. The lowest BCUT2D eigenvalue weighted by molar-refractivity contribution is -0.121. The van der Waals surface area contributed by atoms with Gasteiger partial charge in [0.15, 0.2) is 0 Å². The zero-order chi connectivity index (χ0) is 14.5. The van der Waals surface area contributed by atoms with E-state index in [9.17, 15) is 4.79 Å². The van der Waals surface area contributed by atoms with Crippen LogP contribution in [0.2, 0.25) is 0 Å². The van der Waals surface area contributed by atoms with Gasteiger partial charge in [-0.2, -0.15) is 0 Å². The van der Waals surface area contributed by atoms with Crippen LogP contribution in [0.1, 0.15) is 12.5 Å². The molecule has 0 saturated carbocycles. The molecule has 0 aromatic heterocycles. The molecule has 1 aliphatic rings. The molecule has 2 rings (SSSR count). The Bertz CT molecular complexity index is 564. The molecule has 1 amide bonds. The molecule has 1 aromatic rings. The van der Waals surface area contributed by atoms with Crippen molar-refractivity contribution < 1.29 is 9.53 Å². The monoisotopic (exact) mass is 305 g/mol. The van der Waals surface area contributed by atoms with Gasteiger partial charge in [-0.3, -0.25) is 9.69 Å². The van der Waals surface area contributed by atoms with E-state index in [0.717, 1.165) is 11.3 Å². The van der Waals surface area contributed by atoms with Gasteiger partial charge in [-0.1, -0.05) is 48.8 Å². The van der Waals surface area contributed by atoms with Crippen molar-refractivity contribution >= 4 is 40.3 Å². The number of rotatable bonds is 5. The van der Waals surface area contributed by atoms with Crippen LogP contribution in [-0.2, 0) is 4.79 Å². The maximum absolute atomic E-state index is 12.1. The van der Waals surface area contributed by atoms with E-state index in [2.05, 4.69) is 6.58 Å². The number of likely N-dealkylation sites (N-methyl/N-ethyl adjacent to an activating group) is 1. The Balaban J connectivity index is 2.13. The van der Waals surface area contributed by atoms with E-state index in [4.69, 9.17) is 17.0 Å². The lowest BCUT2D eigenvalue weighted by atomic mass is 10.2. The molecule has 104 valence electrons. The Labute approximate surface area is 128 Å². The predicted octanol–water partition coefficient (Wildman–Crippen LogP) is 3.47. The van der Waals surface area contributed by atoms with E-state index in [-0.39, 0.29) is 5.91 Å². The van der Waals surface area contributed by atoms with Crippen LogP contribution < -0.4 is 4.74 Å². The average molecular weight is 305 g/mol. The van der Waals surface area contributed by atoms with Crippen LogP contribution in [0, 0.1) is 0 Å². The Hall–Kier alpha value is -1.59. The van der Waals surface area contributed by atoms with Gasteiger partial charge in [0.25, 0.3) is 5.91 Å². The SMILES string of the molecule is C=CCOc1ccc(C=C2SC(=S)N(CC)C2=O)cc1. The van der Waals surface area contributed by atoms with Crippen molar-refractivity contribution in [3.05, 3.63) is 47.4 Å². The van der Waals surface area contributed by atoms with Gasteiger partial charge >= 0.3 is 0 Å². The van der Waals surface area contributed by atoms with Crippen LogP contribution in [-0.4, -0.2) is 28.3 Å². The maximum Gasteiger partial charge on any atom is 0.266 e. The molecule has 1 aromatic carbocycles. The quantitative estimate of drug-likeness (QED) is 0.473. The molecule has 0 radical (unpaired) electrons. The summed E-state index contributed by atoms with van der Waals surface area (Å²) < 4.78 is 6.03. The summed E-state index contributed by atoms with van der Waals surface area (Å²) in [6.45, 7) is 6.61. The van der Waals surface area contributed by atoms with Crippen LogP contribution in [0.4, 0.5) is 0 Å². The number of carbonyl (C=O) groups is 1. The second-order valence-electron chi connectivity index (χ2n) is 4.09. The number of nitrogens with zero attached hydrogens (tertiary/aromatic N) is 1. The molecule has 0 N–H and O–H groups in total. The van der Waals surface area contributed by atoms with E-state index in [0.29, 0.717) is 22.4 Å². The number of hydrogen-bond donors (Lipinski definition) is 0. The number of ether oxygens (including phenoxy) is 1. The van der Waals surface area contributed by atoms with E-state index in [1.807, 2.05) is 37.3 Å². The van der Waals surface area contributed by atoms with Gasteiger partial charge in [0.05, 0.1) is 4.91 Å². The number of amides is 1. The smallest absolute Gasteiger partial charge is 0.266 e. The van der Waals surface area contributed by atoms with Crippen molar-refractivity contribution in [3.63, 3.8) is 0 Å². The third kappa shape index (κ3) is 3.29. The highest BCUT2D eigenvalue weighted by Crippen LogP contribution is 2.32. The van der Waals surface area contributed by atoms with E-state index < -0.39 is 0 Å². The third-order valence-electron chi connectivity index (χ3n) is 2.74. The van der Waals surface area contributed by atoms with Crippen molar-refractivity contribution in [3.8, 4) is 5.75 Å². The molecule has 1 aliphatic heterocycles. The average Bonchev–Trinajstić information content (AvgIpc) is 2.72. The van der Waals surface area contributed by atoms with Crippen molar-refractivity contribution in [2.75, 3.05) is 13.2 Å². The van der Waals surface area contributed by atoms with Gasteiger partial charge in [-0.25, -0.2) is 0 Å². The second-order valence-corrected chi connectivity index (χ2v) is 5.77. The van der Waals surface area contributed by atoms with Crippen molar-refractivity contribution in [2.24, 2.45) is 0 Å². The van der Waals surface area contributed by atoms with Crippen molar-refractivity contribution in [1.82, 2.24) is 4.90 Å². The fraction of sp³-hybridized carbons (Fsp3) is 0.200. The molecule has 20 heavy (non-hydrogen) atoms. The fourth-order valence-corrected chi connectivity index (χ4v) is 3.12. The third-order valence-corrected chi connectivity index (χ3v) is 4.11. The summed E-state index contributed by atoms with van der Waals surface area (Å²) in [7, 11) is 0. The van der Waals surface area contributed by atoms with Gasteiger partial charge in [0.2, 0.25) is 0 Å². The van der Waals surface area contributed by atoms with Gasteiger partial charge in [-0.15, -0.1) is 0 Å². The van der Waals surface area contributed by atoms with Crippen LogP contribution in [0.5, 0.6) is 5.75 Å². The van der Waals surface area contributed by atoms with Gasteiger partial charge < -0.3 is 4.74 Å². The summed E-state index contributed by atoms with van der Waals surface area (Å²) in [6.07, 6.45) is 3.55. The largest absolute Gasteiger partial charge is 0.490 e. The summed E-state index contributed by atoms with van der Waals surface area (Å²) in [5.74, 6) is 0.762. The summed E-state index contributed by atoms with van der Waals surface area (Å²) in [5.41, 5.74) is 0.951. The topological polar surface area (TPSA) is 29.5 Å². The van der Waals surface area contributed by atoms with E-state index >= 15 is 0 Å². The van der Waals surface area contributed by atoms with Crippen molar-refractivity contribution in [2.45, 2.75) is 6.92 Å². The Morgan fingerprint density at radius 3 is 2.65 bits per heavy atom. The first kappa shape index (κ1) is 14.8. The summed E-state index contributed by atoms with van der Waals surface area (Å²) in [4.78, 5) is 14.3. The minimum Gasteiger partial charge on any atom is -0.490 e. The highest BCUT2D eigenvalue weighted by Gasteiger charge is 2.30. The molecule has 5 heteroatoms. The molecule has 1 saturated heterocycles. The standard InChI is InChI=1S/C15H15NO2S2/c1-3-9-18-12-7-5-11(6-8-12)10-13-14(17)16(4-2)15(19)20-13/h3,5-8,10H,1,4,9H2,2H3. The van der Waals surface area contributed by atoms with Gasteiger partial charge in [0, 0.05) is 6.54 Å². The van der Waals surface area contributed by atoms with Crippen LogP contribution in [0.15, 0.2) is 41.8 Å². The fourth-order valence-electron chi connectivity index (χ4n) is 1.74. The predicted molar refractivity (Wildman–Crippen MR) is 87.7 cm³/mol. The molecule has 1 heterocycles. The van der Waals surface area contributed by atoms with Gasteiger partial charge in [-0.05, 0) is 30.7 Å². The number of thioether (sulfide) groups is 1.